The maximum atomic E-state index is 12.5. The van der Waals surface area contributed by atoms with Gasteiger partial charge in [-0.3, -0.25) is 14.9 Å². The number of carbonyl (C=O) groups excluding carboxylic acids is 2. The standard InChI is InChI=1S/C18H22F3N3O2/c1-10(12-4-2-11(3-5-12)9-18(19,20)21)22-17(26)14-8-15(25)24-16(23-14)13-6-7-13/h2-5,10,13-14,16,23H,6-9H2,1H3,(H,22,26)(H,24,25)/t10-,14?,16?/m1/s1. The molecule has 1 heterocycles. The second kappa shape index (κ2) is 7.26. The first-order chi connectivity index (χ1) is 12.2. The smallest absolute Gasteiger partial charge is 0.348 e. The maximum absolute atomic E-state index is 12.5. The highest BCUT2D eigenvalue weighted by atomic mass is 19.4. The number of carbonyl (C=O) groups is 2. The van der Waals surface area contributed by atoms with Gasteiger partial charge in [-0.05, 0) is 36.8 Å². The molecule has 1 aromatic carbocycles. The van der Waals surface area contributed by atoms with Gasteiger partial charge in [0.2, 0.25) is 11.8 Å². The van der Waals surface area contributed by atoms with Gasteiger partial charge in [0.15, 0.2) is 0 Å². The van der Waals surface area contributed by atoms with E-state index >= 15 is 0 Å². The van der Waals surface area contributed by atoms with Crippen molar-refractivity contribution in [2.24, 2.45) is 5.92 Å². The van der Waals surface area contributed by atoms with Crippen LogP contribution < -0.4 is 16.0 Å². The van der Waals surface area contributed by atoms with Crippen molar-refractivity contribution >= 4 is 11.8 Å². The molecule has 8 heteroatoms. The van der Waals surface area contributed by atoms with Gasteiger partial charge in [0, 0.05) is 0 Å². The molecule has 26 heavy (non-hydrogen) atoms. The number of amides is 2. The molecule has 5 nitrogen and oxygen atoms in total. The quantitative estimate of drug-likeness (QED) is 0.745. The van der Waals surface area contributed by atoms with Gasteiger partial charge in [-0.25, -0.2) is 0 Å². The molecule has 2 fully saturated rings. The molecule has 1 aromatic rings. The minimum absolute atomic E-state index is 0.0757. The molecule has 1 aliphatic heterocycles. The first-order valence-corrected chi connectivity index (χ1v) is 8.72. The summed E-state index contributed by atoms with van der Waals surface area (Å²) in [5, 5.41) is 8.85. The molecular weight excluding hydrogens is 347 g/mol. The Labute approximate surface area is 149 Å². The normalized spacial score (nSPS) is 24.7. The number of alkyl halides is 3. The zero-order chi connectivity index (χ0) is 18.9. The van der Waals surface area contributed by atoms with Gasteiger partial charge in [0.25, 0.3) is 0 Å². The summed E-state index contributed by atoms with van der Waals surface area (Å²) in [5.74, 6) is -0.0459. The number of halogens is 3. The number of hydrogen-bond donors (Lipinski definition) is 3. The van der Waals surface area contributed by atoms with Crippen LogP contribution in [0.1, 0.15) is 43.4 Å². The Morgan fingerprint density at radius 3 is 2.50 bits per heavy atom. The lowest BCUT2D eigenvalue weighted by molar-refractivity contribution is -0.132. The fraction of sp³-hybridized carbons (Fsp3) is 0.556. The molecule has 3 N–H and O–H groups in total. The topological polar surface area (TPSA) is 70.2 Å². The predicted molar refractivity (Wildman–Crippen MR) is 89.0 cm³/mol. The van der Waals surface area contributed by atoms with Crippen molar-refractivity contribution in [3.05, 3.63) is 35.4 Å². The first kappa shape index (κ1) is 18.7. The van der Waals surface area contributed by atoms with E-state index in [0.29, 0.717) is 11.5 Å². The first-order valence-electron chi connectivity index (χ1n) is 8.72. The largest absolute Gasteiger partial charge is 0.393 e. The van der Waals surface area contributed by atoms with Crippen LogP contribution in [0.2, 0.25) is 0 Å². The van der Waals surface area contributed by atoms with Crippen molar-refractivity contribution in [1.29, 1.82) is 0 Å². The van der Waals surface area contributed by atoms with Crippen LogP contribution in [0, 0.1) is 5.92 Å². The maximum Gasteiger partial charge on any atom is 0.393 e. The molecule has 2 aliphatic rings. The third-order valence-electron chi connectivity index (χ3n) is 4.74. The van der Waals surface area contributed by atoms with E-state index in [2.05, 4.69) is 16.0 Å². The Balaban J connectivity index is 1.57. The lowest BCUT2D eigenvalue weighted by Crippen LogP contribution is -2.61. The van der Waals surface area contributed by atoms with Crippen LogP contribution in [-0.2, 0) is 16.0 Å². The molecule has 0 spiro atoms. The van der Waals surface area contributed by atoms with Crippen LogP contribution in [0.3, 0.4) is 0 Å². The minimum Gasteiger partial charge on any atom is -0.348 e. The number of benzene rings is 1. The summed E-state index contributed by atoms with van der Waals surface area (Å²) in [6, 6.07) is 5.04. The summed E-state index contributed by atoms with van der Waals surface area (Å²) in [7, 11) is 0. The highest BCUT2D eigenvalue weighted by Crippen LogP contribution is 2.32. The average Bonchev–Trinajstić information content (AvgIpc) is 3.38. The van der Waals surface area contributed by atoms with Crippen LogP contribution in [0.4, 0.5) is 13.2 Å². The summed E-state index contributed by atoms with van der Waals surface area (Å²) in [5.41, 5.74) is 0.890. The molecule has 0 radical (unpaired) electrons. The molecule has 2 amide bonds. The van der Waals surface area contributed by atoms with Crippen molar-refractivity contribution in [3.63, 3.8) is 0 Å². The predicted octanol–water partition coefficient (Wildman–Crippen LogP) is 2.18. The second-order valence-electron chi connectivity index (χ2n) is 7.07. The molecular formula is C18H22F3N3O2. The molecule has 3 atom stereocenters. The molecule has 1 saturated carbocycles. The molecule has 0 bridgehead atoms. The van der Waals surface area contributed by atoms with E-state index < -0.39 is 18.6 Å². The van der Waals surface area contributed by atoms with Gasteiger partial charge in [0.05, 0.1) is 31.1 Å². The summed E-state index contributed by atoms with van der Waals surface area (Å²) in [6.45, 7) is 1.76. The van der Waals surface area contributed by atoms with E-state index in [-0.39, 0.29) is 36.0 Å². The fourth-order valence-corrected chi connectivity index (χ4v) is 3.14. The van der Waals surface area contributed by atoms with E-state index in [4.69, 9.17) is 0 Å². The lowest BCUT2D eigenvalue weighted by Gasteiger charge is -2.31. The van der Waals surface area contributed by atoms with Crippen LogP contribution in [-0.4, -0.2) is 30.2 Å². The van der Waals surface area contributed by atoms with E-state index in [1.165, 1.54) is 12.1 Å². The van der Waals surface area contributed by atoms with Crippen LogP contribution >= 0.6 is 0 Å². The third-order valence-corrected chi connectivity index (χ3v) is 4.74. The molecule has 0 aromatic heterocycles. The Morgan fingerprint density at radius 1 is 1.27 bits per heavy atom. The van der Waals surface area contributed by atoms with E-state index in [1.54, 1.807) is 19.1 Å². The molecule has 3 rings (SSSR count). The second-order valence-corrected chi connectivity index (χ2v) is 7.07. The van der Waals surface area contributed by atoms with Crippen molar-refractivity contribution < 1.29 is 22.8 Å². The number of hydrogen-bond acceptors (Lipinski definition) is 3. The zero-order valence-electron chi connectivity index (χ0n) is 14.4. The highest BCUT2D eigenvalue weighted by molar-refractivity contribution is 5.89. The van der Waals surface area contributed by atoms with Crippen molar-refractivity contribution in [1.82, 2.24) is 16.0 Å². The average molecular weight is 369 g/mol. The van der Waals surface area contributed by atoms with Crippen molar-refractivity contribution in [2.45, 2.75) is 57.0 Å². The Kier molecular flexibility index (Phi) is 5.22. The van der Waals surface area contributed by atoms with Crippen molar-refractivity contribution in [3.8, 4) is 0 Å². The zero-order valence-corrected chi connectivity index (χ0v) is 14.4. The van der Waals surface area contributed by atoms with Gasteiger partial charge >= 0.3 is 6.18 Å². The highest BCUT2D eigenvalue weighted by Gasteiger charge is 2.39. The summed E-state index contributed by atoms with van der Waals surface area (Å²) in [4.78, 5) is 24.3. The van der Waals surface area contributed by atoms with Crippen LogP contribution in [0.15, 0.2) is 24.3 Å². The van der Waals surface area contributed by atoms with Crippen LogP contribution in [0.25, 0.3) is 0 Å². The summed E-state index contributed by atoms with van der Waals surface area (Å²) >= 11 is 0. The lowest BCUT2D eigenvalue weighted by atomic mass is 10.0. The van der Waals surface area contributed by atoms with Gasteiger partial charge in [-0.1, -0.05) is 24.3 Å². The number of nitrogens with one attached hydrogen (secondary N) is 3. The van der Waals surface area contributed by atoms with Gasteiger partial charge < -0.3 is 10.6 Å². The monoisotopic (exact) mass is 369 g/mol. The molecule has 1 aliphatic carbocycles. The summed E-state index contributed by atoms with van der Waals surface area (Å²) < 4.78 is 37.2. The van der Waals surface area contributed by atoms with Crippen LogP contribution in [0.5, 0.6) is 0 Å². The van der Waals surface area contributed by atoms with E-state index in [9.17, 15) is 22.8 Å². The van der Waals surface area contributed by atoms with E-state index in [1.807, 2.05) is 0 Å². The summed E-state index contributed by atoms with van der Waals surface area (Å²) in [6.07, 6.45) is -3.24. The molecule has 2 unspecified atom stereocenters. The van der Waals surface area contributed by atoms with Gasteiger partial charge in [0.1, 0.15) is 0 Å². The number of rotatable bonds is 5. The molecule has 1 saturated heterocycles. The SMILES string of the molecule is C[C@@H](NC(=O)C1CC(=O)NC(C2CC2)N1)c1ccc(CC(F)(F)F)cc1. The molecule has 142 valence electrons. The fourth-order valence-electron chi connectivity index (χ4n) is 3.14. The minimum atomic E-state index is -4.24. The third kappa shape index (κ3) is 4.97. The van der Waals surface area contributed by atoms with Gasteiger partial charge in [-0.15, -0.1) is 0 Å². The van der Waals surface area contributed by atoms with Crippen molar-refractivity contribution in [2.75, 3.05) is 0 Å². The van der Waals surface area contributed by atoms with Gasteiger partial charge in [-0.2, -0.15) is 13.2 Å². The Bertz CT molecular complexity index is 671. The Hall–Kier alpha value is -2.09. The van der Waals surface area contributed by atoms with E-state index in [0.717, 1.165) is 12.8 Å². The Morgan fingerprint density at radius 2 is 1.92 bits per heavy atom.